The third-order valence-electron chi connectivity index (χ3n) is 12.8. The van der Waals surface area contributed by atoms with Gasteiger partial charge in [-0.2, -0.15) is 0 Å². The molecule has 0 aliphatic heterocycles. The number of ether oxygens (including phenoxy) is 3. The summed E-state index contributed by atoms with van der Waals surface area (Å²) in [6.45, 7) is 6.41. The van der Waals surface area contributed by atoms with Crippen molar-refractivity contribution < 1.29 is 28.6 Å². The standard InChI is InChI=1S/C67H112O6/c1-4-7-10-13-16-19-22-25-28-30-31-32-33-34-35-37-39-42-45-48-51-54-57-60-66(69)72-63-64(62-71-65(68)59-56-53-50-47-44-41-38-27-24-21-18-15-12-9-6-3)73-67(70)61-58-55-52-49-46-43-40-36-29-26-23-20-17-14-11-8-5-2/h9,12,17-18,20-22,25-27,29-31,38,44,47,53,56,64H,4-8,10-11,13-16,19,23-24,28,32-37,39-43,45-46,48-52,54-55,57-63H2,1-3H3/b12-9-,20-17-,21-18-,25-22-,29-26-,31-30-,38-27-,47-44-,56-53-. The fourth-order valence-electron chi connectivity index (χ4n) is 8.22. The van der Waals surface area contributed by atoms with Gasteiger partial charge in [0.25, 0.3) is 0 Å². The molecule has 0 radical (unpaired) electrons. The predicted molar refractivity (Wildman–Crippen MR) is 316 cm³/mol. The van der Waals surface area contributed by atoms with E-state index in [1.807, 2.05) is 6.08 Å². The van der Waals surface area contributed by atoms with Crippen LogP contribution in [-0.4, -0.2) is 37.2 Å². The Morgan fingerprint density at radius 3 is 0.986 bits per heavy atom. The second kappa shape index (κ2) is 60.6. The molecule has 0 saturated carbocycles. The Kier molecular flexibility index (Phi) is 57.4. The number of allylic oxidation sites excluding steroid dienone is 17. The molecule has 0 aliphatic rings. The smallest absolute Gasteiger partial charge is 0.309 e. The van der Waals surface area contributed by atoms with Gasteiger partial charge in [0, 0.05) is 12.8 Å². The fourth-order valence-corrected chi connectivity index (χ4v) is 8.22. The first-order chi connectivity index (χ1) is 36.0. The zero-order valence-electron chi connectivity index (χ0n) is 47.6. The molecule has 0 rings (SSSR count). The molecule has 6 heteroatoms. The first-order valence-corrected chi connectivity index (χ1v) is 30.4. The van der Waals surface area contributed by atoms with Crippen molar-refractivity contribution in [2.24, 2.45) is 0 Å². The van der Waals surface area contributed by atoms with Crippen LogP contribution in [0, 0.1) is 0 Å². The van der Waals surface area contributed by atoms with Crippen molar-refractivity contribution >= 4 is 17.9 Å². The Morgan fingerprint density at radius 2 is 0.589 bits per heavy atom. The number of esters is 3. The summed E-state index contributed by atoms with van der Waals surface area (Å²) < 4.78 is 16.8. The normalized spacial score (nSPS) is 12.9. The van der Waals surface area contributed by atoms with Gasteiger partial charge in [-0.1, -0.05) is 259 Å². The molecule has 0 bridgehead atoms. The maximum Gasteiger partial charge on any atom is 0.309 e. The Balaban J connectivity index is 4.44. The van der Waals surface area contributed by atoms with Crippen molar-refractivity contribution in [2.45, 2.75) is 284 Å². The van der Waals surface area contributed by atoms with Gasteiger partial charge < -0.3 is 14.2 Å². The van der Waals surface area contributed by atoms with Crippen LogP contribution < -0.4 is 0 Å². The molecule has 0 saturated heterocycles. The van der Waals surface area contributed by atoms with Gasteiger partial charge in [0.2, 0.25) is 0 Å². The van der Waals surface area contributed by atoms with Gasteiger partial charge in [-0.15, -0.1) is 0 Å². The van der Waals surface area contributed by atoms with Crippen LogP contribution in [0.1, 0.15) is 278 Å². The van der Waals surface area contributed by atoms with Crippen LogP contribution in [0.5, 0.6) is 0 Å². The summed E-state index contributed by atoms with van der Waals surface area (Å²) in [5.74, 6) is -1.05. The van der Waals surface area contributed by atoms with Gasteiger partial charge in [0.15, 0.2) is 6.10 Å². The lowest BCUT2D eigenvalue weighted by Gasteiger charge is -2.18. The topological polar surface area (TPSA) is 78.9 Å². The van der Waals surface area contributed by atoms with Crippen molar-refractivity contribution in [3.63, 3.8) is 0 Å². The van der Waals surface area contributed by atoms with Crippen molar-refractivity contribution in [1.82, 2.24) is 0 Å². The lowest BCUT2D eigenvalue weighted by atomic mass is 10.0. The van der Waals surface area contributed by atoms with Crippen LogP contribution in [-0.2, 0) is 28.6 Å². The van der Waals surface area contributed by atoms with E-state index in [4.69, 9.17) is 14.2 Å². The van der Waals surface area contributed by atoms with Crippen molar-refractivity contribution in [1.29, 1.82) is 0 Å². The number of unbranched alkanes of at least 4 members (excludes halogenated alkanes) is 26. The molecule has 1 atom stereocenters. The zero-order chi connectivity index (χ0) is 52.9. The number of hydrogen-bond donors (Lipinski definition) is 0. The van der Waals surface area contributed by atoms with Gasteiger partial charge in [-0.3, -0.25) is 14.4 Å². The largest absolute Gasteiger partial charge is 0.462 e. The molecule has 1 unspecified atom stereocenters. The number of hydrogen-bond acceptors (Lipinski definition) is 6. The third-order valence-corrected chi connectivity index (χ3v) is 12.8. The predicted octanol–water partition coefficient (Wildman–Crippen LogP) is 20.7. The summed E-state index contributed by atoms with van der Waals surface area (Å²) in [7, 11) is 0. The lowest BCUT2D eigenvalue weighted by molar-refractivity contribution is -0.166. The second-order valence-corrected chi connectivity index (χ2v) is 19.9. The maximum absolute atomic E-state index is 12.9. The highest BCUT2D eigenvalue weighted by atomic mass is 16.6. The van der Waals surface area contributed by atoms with Crippen molar-refractivity contribution in [3.05, 3.63) is 109 Å². The second-order valence-electron chi connectivity index (χ2n) is 19.9. The molecule has 0 aliphatic carbocycles. The molecule has 0 heterocycles. The highest BCUT2D eigenvalue weighted by Gasteiger charge is 2.19. The summed E-state index contributed by atoms with van der Waals surface area (Å²) >= 11 is 0. The van der Waals surface area contributed by atoms with Crippen LogP contribution in [0.25, 0.3) is 0 Å². The van der Waals surface area contributed by atoms with Crippen LogP contribution in [0.4, 0.5) is 0 Å². The Hall–Kier alpha value is -3.93. The summed E-state index contributed by atoms with van der Waals surface area (Å²) in [6, 6.07) is 0. The van der Waals surface area contributed by atoms with Gasteiger partial charge in [0.1, 0.15) is 13.2 Å². The highest BCUT2D eigenvalue weighted by Crippen LogP contribution is 2.15. The first kappa shape index (κ1) is 69.1. The van der Waals surface area contributed by atoms with E-state index in [2.05, 4.69) is 118 Å². The van der Waals surface area contributed by atoms with Crippen LogP contribution in [0.3, 0.4) is 0 Å². The van der Waals surface area contributed by atoms with Gasteiger partial charge in [-0.05, 0) is 109 Å². The quantitative estimate of drug-likeness (QED) is 0.0261. The SMILES string of the molecule is CC/C=C\C/C=C\C/C=C\C/C=C\C/C=C\CC(=O)OCC(COC(=O)CCCCCCCCCCCCC/C=C\C/C=C\CCCCCCC)OC(=O)CCCCCCCCC/C=C\C/C=C\CCCCC. The lowest BCUT2D eigenvalue weighted by Crippen LogP contribution is -2.30. The van der Waals surface area contributed by atoms with E-state index in [0.29, 0.717) is 12.8 Å². The maximum atomic E-state index is 12.9. The average molecular weight is 1010 g/mol. The molecule has 0 aromatic rings. The minimum atomic E-state index is -0.825. The van der Waals surface area contributed by atoms with E-state index in [1.165, 1.54) is 148 Å². The van der Waals surface area contributed by atoms with Crippen LogP contribution in [0.2, 0.25) is 0 Å². The summed E-state index contributed by atoms with van der Waals surface area (Å²) in [6.07, 6.45) is 82.5. The van der Waals surface area contributed by atoms with E-state index >= 15 is 0 Å². The summed E-state index contributed by atoms with van der Waals surface area (Å²) in [5, 5.41) is 0. The molecule has 416 valence electrons. The molecule has 0 aromatic heterocycles. The number of carbonyl (C=O) groups excluding carboxylic acids is 3. The van der Waals surface area contributed by atoms with Gasteiger partial charge in [0.05, 0.1) is 6.42 Å². The minimum Gasteiger partial charge on any atom is -0.462 e. The van der Waals surface area contributed by atoms with Crippen molar-refractivity contribution in [3.8, 4) is 0 Å². The Labute approximate surface area is 450 Å². The van der Waals surface area contributed by atoms with Crippen LogP contribution in [0.15, 0.2) is 109 Å². The van der Waals surface area contributed by atoms with E-state index in [9.17, 15) is 14.4 Å². The Bertz CT molecular complexity index is 1490. The van der Waals surface area contributed by atoms with E-state index < -0.39 is 12.1 Å². The minimum absolute atomic E-state index is 0.113. The molecule has 0 aromatic carbocycles. The van der Waals surface area contributed by atoms with Crippen molar-refractivity contribution in [2.75, 3.05) is 13.2 Å². The zero-order valence-corrected chi connectivity index (χ0v) is 47.6. The monoisotopic (exact) mass is 1010 g/mol. The fraction of sp³-hybridized carbons (Fsp3) is 0.687. The van der Waals surface area contributed by atoms with Gasteiger partial charge in [-0.25, -0.2) is 0 Å². The number of carbonyl (C=O) groups is 3. The Morgan fingerprint density at radius 1 is 0.301 bits per heavy atom. The first-order valence-electron chi connectivity index (χ1n) is 30.4. The third kappa shape index (κ3) is 58.8. The summed E-state index contributed by atoms with van der Waals surface area (Å²) in [5.41, 5.74) is 0. The van der Waals surface area contributed by atoms with E-state index in [-0.39, 0.29) is 31.6 Å². The molecule has 0 amide bonds. The molecule has 0 N–H and O–H groups in total. The van der Waals surface area contributed by atoms with E-state index in [0.717, 1.165) is 89.9 Å². The molecule has 6 nitrogen and oxygen atoms in total. The molecular weight excluding hydrogens is 901 g/mol. The van der Waals surface area contributed by atoms with Crippen LogP contribution >= 0.6 is 0 Å². The average Bonchev–Trinajstić information content (AvgIpc) is 3.39. The summed E-state index contributed by atoms with van der Waals surface area (Å²) in [4.78, 5) is 38.2. The highest BCUT2D eigenvalue weighted by molar-refractivity contribution is 5.72. The molecule has 73 heavy (non-hydrogen) atoms. The number of rotatable bonds is 54. The van der Waals surface area contributed by atoms with Gasteiger partial charge >= 0.3 is 17.9 Å². The van der Waals surface area contributed by atoms with E-state index in [1.54, 1.807) is 6.08 Å². The molecule has 0 spiro atoms. The molecular formula is C67H112O6. The molecule has 0 fully saturated rings.